The van der Waals surface area contributed by atoms with Gasteiger partial charge in [0.1, 0.15) is 0 Å². The number of benzene rings is 1. The SMILES string of the molecule is CC(C)Cc1cn(-c2ccc(-n3cc(CC(C)C)nn3)cc2)nn1. The smallest absolute Gasteiger partial charge is 0.0834 e. The summed E-state index contributed by atoms with van der Waals surface area (Å²) in [5.41, 5.74) is 4.01. The Kier molecular flexibility index (Phi) is 4.74. The van der Waals surface area contributed by atoms with Crippen LogP contribution in [0.3, 0.4) is 0 Å². The van der Waals surface area contributed by atoms with Crippen molar-refractivity contribution >= 4 is 0 Å². The Balaban J connectivity index is 1.75. The van der Waals surface area contributed by atoms with Gasteiger partial charge < -0.3 is 0 Å². The molecule has 0 saturated carbocycles. The fraction of sp³-hybridized carbons (Fsp3) is 0.444. The third-order valence-electron chi connectivity index (χ3n) is 3.70. The molecule has 6 nitrogen and oxygen atoms in total. The molecule has 2 aromatic heterocycles. The first-order valence-corrected chi connectivity index (χ1v) is 8.44. The summed E-state index contributed by atoms with van der Waals surface area (Å²) in [6.45, 7) is 8.72. The van der Waals surface area contributed by atoms with Crippen molar-refractivity contribution < 1.29 is 0 Å². The van der Waals surface area contributed by atoms with Crippen LogP contribution in [-0.2, 0) is 12.8 Å². The van der Waals surface area contributed by atoms with E-state index in [1.165, 1.54) is 0 Å². The summed E-state index contributed by atoms with van der Waals surface area (Å²) < 4.78 is 3.63. The summed E-state index contributed by atoms with van der Waals surface area (Å²) in [7, 11) is 0. The van der Waals surface area contributed by atoms with E-state index in [4.69, 9.17) is 0 Å². The van der Waals surface area contributed by atoms with Crippen LogP contribution in [0.25, 0.3) is 11.4 Å². The van der Waals surface area contributed by atoms with Gasteiger partial charge in [0.05, 0.1) is 35.2 Å². The predicted octanol–water partition coefficient (Wildman–Crippen LogP) is 3.25. The zero-order valence-corrected chi connectivity index (χ0v) is 14.7. The van der Waals surface area contributed by atoms with Gasteiger partial charge in [-0.05, 0) is 48.9 Å². The Labute approximate surface area is 142 Å². The predicted molar refractivity (Wildman–Crippen MR) is 93.4 cm³/mol. The van der Waals surface area contributed by atoms with E-state index >= 15 is 0 Å². The first kappa shape index (κ1) is 16.4. The van der Waals surface area contributed by atoms with E-state index in [2.05, 4.69) is 48.3 Å². The molecule has 0 fully saturated rings. The van der Waals surface area contributed by atoms with E-state index < -0.39 is 0 Å². The van der Waals surface area contributed by atoms with Crippen LogP contribution in [0.2, 0.25) is 0 Å². The highest BCUT2D eigenvalue weighted by Crippen LogP contribution is 2.14. The van der Waals surface area contributed by atoms with Crippen molar-refractivity contribution in [3.8, 4) is 11.4 Å². The highest BCUT2D eigenvalue weighted by Gasteiger charge is 2.07. The quantitative estimate of drug-likeness (QED) is 0.698. The lowest BCUT2D eigenvalue weighted by atomic mass is 10.1. The summed E-state index contributed by atoms with van der Waals surface area (Å²) >= 11 is 0. The fourth-order valence-electron chi connectivity index (χ4n) is 2.63. The van der Waals surface area contributed by atoms with Gasteiger partial charge in [0, 0.05) is 0 Å². The summed E-state index contributed by atoms with van der Waals surface area (Å²) in [4.78, 5) is 0. The van der Waals surface area contributed by atoms with Crippen LogP contribution in [0.5, 0.6) is 0 Å². The molecule has 126 valence electrons. The third kappa shape index (κ3) is 3.88. The van der Waals surface area contributed by atoms with Crippen LogP contribution in [0, 0.1) is 11.8 Å². The number of aromatic nitrogens is 6. The maximum absolute atomic E-state index is 4.23. The molecule has 6 heteroatoms. The van der Waals surface area contributed by atoms with Gasteiger partial charge in [-0.25, -0.2) is 9.36 Å². The second-order valence-corrected chi connectivity index (χ2v) is 7.02. The van der Waals surface area contributed by atoms with E-state index in [0.29, 0.717) is 11.8 Å². The molecule has 0 N–H and O–H groups in total. The number of hydrogen-bond donors (Lipinski definition) is 0. The molecule has 0 saturated heterocycles. The molecule has 0 aliphatic carbocycles. The van der Waals surface area contributed by atoms with Crippen molar-refractivity contribution in [1.29, 1.82) is 0 Å². The Morgan fingerprint density at radius 1 is 0.708 bits per heavy atom. The summed E-state index contributed by atoms with van der Waals surface area (Å²) in [6.07, 6.45) is 5.86. The first-order chi connectivity index (χ1) is 11.5. The topological polar surface area (TPSA) is 61.4 Å². The second-order valence-electron chi connectivity index (χ2n) is 7.02. The highest BCUT2D eigenvalue weighted by molar-refractivity contribution is 5.40. The standard InChI is InChI=1S/C18H24N6/c1-13(2)9-15-11-23(21-19-15)17-5-7-18(8-6-17)24-12-16(20-22-24)10-14(3)4/h5-8,11-14H,9-10H2,1-4H3. The summed E-state index contributed by atoms with van der Waals surface area (Å²) in [5.74, 6) is 1.15. The Bertz CT molecular complexity index is 715. The minimum atomic E-state index is 0.574. The van der Waals surface area contributed by atoms with Gasteiger partial charge in [-0.15, -0.1) is 10.2 Å². The molecule has 24 heavy (non-hydrogen) atoms. The second kappa shape index (κ2) is 6.95. The average molecular weight is 324 g/mol. The molecule has 3 rings (SSSR count). The molecule has 2 heterocycles. The monoisotopic (exact) mass is 324 g/mol. The fourth-order valence-corrected chi connectivity index (χ4v) is 2.63. The molecule has 0 radical (unpaired) electrons. The molecule has 0 bridgehead atoms. The average Bonchev–Trinajstić information content (AvgIpc) is 3.16. The van der Waals surface area contributed by atoms with Crippen molar-refractivity contribution in [2.45, 2.75) is 40.5 Å². The van der Waals surface area contributed by atoms with Crippen molar-refractivity contribution in [3.05, 3.63) is 48.0 Å². The molecule has 0 atom stereocenters. The van der Waals surface area contributed by atoms with Gasteiger partial charge in [-0.3, -0.25) is 0 Å². The van der Waals surface area contributed by atoms with Gasteiger partial charge in [-0.1, -0.05) is 38.1 Å². The van der Waals surface area contributed by atoms with Gasteiger partial charge in [0.15, 0.2) is 0 Å². The molecule has 0 amide bonds. The van der Waals surface area contributed by atoms with Crippen LogP contribution >= 0.6 is 0 Å². The normalized spacial score (nSPS) is 11.6. The van der Waals surface area contributed by atoms with Crippen molar-refractivity contribution in [2.24, 2.45) is 11.8 Å². The summed E-state index contributed by atoms with van der Waals surface area (Å²) in [6, 6.07) is 8.08. The molecule has 0 spiro atoms. The zero-order chi connectivity index (χ0) is 17.1. The molecule has 0 aliphatic rings. The molecule has 0 unspecified atom stereocenters. The molecule has 0 aliphatic heterocycles. The minimum Gasteiger partial charge on any atom is -0.220 e. The van der Waals surface area contributed by atoms with E-state index in [0.717, 1.165) is 35.6 Å². The van der Waals surface area contributed by atoms with Crippen LogP contribution in [-0.4, -0.2) is 30.0 Å². The maximum atomic E-state index is 4.23. The van der Waals surface area contributed by atoms with Gasteiger partial charge in [0.25, 0.3) is 0 Å². The zero-order valence-electron chi connectivity index (χ0n) is 14.7. The van der Waals surface area contributed by atoms with E-state index in [-0.39, 0.29) is 0 Å². The van der Waals surface area contributed by atoms with Gasteiger partial charge in [0.2, 0.25) is 0 Å². The van der Waals surface area contributed by atoms with Crippen LogP contribution in [0.1, 0.15) is 39.1 Å². The van der Waals surface area contributed by atoms with Crippen molar-refractivity contribution in [1.82, 2.24) is 30.0 Å². The lowest BCUT2D eigenvalue weighted by Gasteiger charge is -2.03. The maximum Gasteiger partial charge on any atom is 0.0834 e. The Hall–Kier alpha value is -2.50. The van der Waals surface area contributed by atoms with Crippen molar-refractivity contribution in [2.75, 3.05) is 0 Å². The molecule has 1 aromatic carbocycles. The number of rotatable bonds is 6. The van der Waals surface area contributed by atoms with E-state index in [1.54, 1.807) is 0 Å². The minimum absolute atomic E-state index is 0.574. The van der Waals surface area contributed by atoms with Crippen molar-refractivity contribution in [3.63, 3.8) is 0 Å². The number of nitrogens with zero attached hydrogens (tertiary/aromatic N) is 6. The van der Waals surface area contributed by atoms with Gasteiger partial charge >= 0.3 is 0 Å². The van der Waals surface area contributed by atoms with E-state index in [1.807, 2.05) is 46.0 Å². The Morgan fingerprint density at radius 2 is 1.08 bits per heavy atom. The third-order valence-corrected chi connectivity index (χ3v) is 3.70. The molecule has 3 aromatic rings. The van der Waals surface area contributed by atoms with E-state index in [9.17, 15) is 0 Å². The summed E-state index contributed by atoms with van der Waals surface area (Å²) in [5, 5.41) is 16.9. The molecular weight excluding hydrogens is 300 g/mol. The Morgan fingerprint density at radius 3 is 1.42 bits per heavy atom. The largest absolute Gasteiger partial charge is 0.220 e. The van der Waals surface area contributed by atoms with Crippen LogP contribution in [0.15, 0.2) is 36.7 Å². The first-order valence-electron chi connectivity index (χ1n) is 8.44. The lowest BCUT2D eigenvalue weighted by Crippen LogP contribution is -1.98. The molecular formula is C18H24N6. The lowest BCUT2D eigenvalue weighted by molar-refractivity contribution is 0.633. The van der Waals surface area contributed by atoms with Gasteiger partial charge in [-0.2, -0.15) is 0 Å². The van der Waals surface area contributed by atoms with Crippen LogP contribution in [0.4, 0.5) is 0 Å². The number of hydrogen-bond acceptors (Lipinski definition) is 4. The highest BCUT2D eigenvalue weighted by atomic mass is 15.4. The van der Waals surface area contributed by atoms with Crippen LogP contribution < -0.4 is 0 Å².